The van der Waals surface area contributed by atoms with Gasteiger partial charge in [0.25, 0.3) is 0 Å². The van der Waals surface area contributed by atoms with Crippen LogP contribution in [0.5, 0.6) is 5.75 Å². The summed E-state index contributed by atoms with van der Waals surface area (Å²) in [5, 5.41) is 19.3. The minimum absolute atomic E-state index is 0. The van der Waals surface area contributed by atoms with Crippen molar-refractivity contribution in [3.8, 4) is 5.75 Å². The van der Waals surface area contributed by atoms with E-state index in [1.54, 1.807) is 31.2 Å². The summed E-state index contributed by atoms with van der Waals surface area (Å²) in [6.07, 6.45) is 0. The maximum absolute atomic E-state index is 11.8. The second-order valence-electron chi connectivity index (χ2n) is 3.80. The molecule has 0 atom stereocenters. The fourth-order valence-electron chi connectivity index (χ4n) is 1.75. The molecule has 0 radical (unpaired) electrons. The summed E-state index contributed by atoms with van der Waals surface area (Å²) >= 11 is 0. The first kappa shape index (κ1) is 18.8. The van der Waals surface area contributed by atoms with E-state index in [0.717, 1.165) is 0 Å². The summed E-state index contributed by atoms with van der Waals surface area (Å²) in [5.41, 5.74) is 0.0901. The fourth-order valence-corrected chi connectivity index (χ4v) is 1.75. The summed E-state index contributed by atoms with van der Waals surface area (Å²) in [6, 6.07) is 6.74. The average molecular weight is 389 g/mol. The van der Waals surface area contributed by atoms with Gasteiger partial charge in [0.15, 0.2) is 0 Å². The Kier molecular flexibility index (Phi) is 7.69. The number of aliphatic imine (C=N–C) groups is 1. The fraction of sp³-hybridized carbons (Fsp3) is 0.231. The van der Waals surface area contributed by atoms with Crippen molar-refractivity contribution >= 4 is 16.7 Å². The Morgan fingerprint density at radius 2 is 2.00 bits per heavy atom. The molecule has 0 amide bonds. The summed E-state index contributed by atoms with van der Waals surface area (Å²) in [4.78, 5) is 15.8. The van der Waals surface area contributed by atoms with E-state index in [4.69, 9.17) is 9.52 Å². The van der Waals surface area contributed by atoms with Crippen molar-refractivity contribution in [2.24, 2.45) is 4.99 Å². The zero-order chi connectivity index (χ0) is 13.1. The molecule has 0 aliphatic heterocycles. The van der Waals surface area contributed by atoms with Crippen LogP contribution in [0.4, 0.5) is 0 Å². The molecule has 0 unspecified atom stereocenters. The normalized spacial score (nSPS) is 10.8. The number of aliphatic hydroxyl groups excluding tert-OH is 1. The molecule has 1 aromatic heterocycles. The van der Waals surface area contributed by atoms with E-state index in [1.165, 1.54) is 0 Å². The van der Waals surface area contributed by atoms with Gasteiger partial charge in [-0.15, -0.1) is 0 Å². The molecule has 2 N–H and O–H groups in total. The minimum Gasteiger partial charge on any atom is -1.00 e. The van der Waals surface area contributed by atoms with Crippen LogP contribution < -0.4 is 18.0 Å². The number of aromatic hydroxyl groups is 1. The number of halogens is 1. The first-order valence-electron chi connectivity index (χ1n) is 5.52. The Hall–Kier alpha value is -1.19. The van der Waals surface area contributed by atoms with Crippen molar-refractivity contribution in [1.82, 2.24) is 0 Å². The van der Waals surface area contributed by atoms with Gasteiger partial charge in [-0.25, -0.2) is 4.79 Å². The molecule has 0 saturated carbocycles. The molecule has 5 nitrogen and oxygen atoms in total. The van der Waals surface area contributed by atoms with E-state index in [-0.39, 0.29) is 57.3 Å². The summed E-state index contributed by atoms with van der Waals surface area (Å²) in [5.74, 6) is -0.138. The maximum Gasteiger partial charge on any atom is 2.00 e. The molecule has 2 rings (SSSR count). The predicted octanol–water partition coefficient (Wildman–Crippen LogP) is -1.70. The quantitative estimate of drug-likeness (QED) is 0.373. The molecule has 1 heterocycles. The van der Waals surface area contributed by atoms with Crippen molar-refractivity contribution in [3.05, 3.63) is 40.2 Å². The van der Waals surface area contributed by atoms with Gasteiger partial charge in [-0.2, -0.15) is 0 Å². The summed E-state index contributed by atoms with van der Waals surface area (Å²) < 4.78 is 5.12. The number of hydrogen-bond donors (Lipinski definition) is 2. The molecule has 0 fully saturated rings. The van der Waals surface area contributed by atoms with Crippen molar-refractivity contribution in [3.63, 3.8) is 0 Å². The smallest absolute Gasteiger partial charge is 1.00 e. The summed E-state index contributed by atoms with van der Waals surface area (Å²) in [7, 11) is 0. The number of rotatable bonds is 3. The van der Waals surface area contributed by atoms with Gasteiger partial charge in [0.1, 0.15) is 16.9 Å². The average Bonchev–Trinajstić information content (AvgIpc) is 2.36. The molecule has 110 valence electrons. The number of benzene rings is 1. The van der Waals surface area contributed by atoms with Crippen LogP contribution in [0.1, 0.15) is 12.5 Å². The number of aliphatic hydroxyl groups is 1. The molecule has 7 heteroatoms. The van der Waals surface area contributed by atoms with E-state index < -0.39 is 5.63 Å². The third-order valence-corrected chi connectivity index (χ3v) is 2.60. The van der Waals surface area contributed by atoms with Gasteiger partial charge < -0.3 is 27.0 Å². The molecule has 0 aliphatic rings. The standard InChI is InChI=1S/C13H13NO4.ClH.Pd/c1-8(14-6-7-15)11-12(16)9-4-2-3-5-10(9)18-13(11)17;;/h2-5,15-16H,6-7H2,1H3;1H;/q;;+2/p-1. The van der Waals surface area contributed by atoms with Gasteiger partial charge in [-0.3, -0.25) is 4.99 Å². The second-order valence-corrected chi connectivity index (χ2v) is 3.80. The molecular weight excluding hydrogens is 376 g/mol. The Labute approximate surface area is 135 Å². The van der Waals surface area contributed by atoms with Gasteiger partial charge >= 0.3 is 26.0 Å². The van der Waals surface area contributed by atoms with E-state index >= 15 is 0 Å². The molecular formula is C13H13ClNO4Pd+. The molecule has 0 bridgehead atoms. The van der Waals surface area contributed by atoms with Gasteiger partial charge in [-0.1, -0.05) is 12.1 Å². The van der Waals surface area contributed by atoms with Crippen LogP contribution in [-0.4, -0.2) is 29.1 Å². The van der Waals surface area contributed by atoms with Gasteiger partial charge in [0.05, 0.1) is 24.2 Å². The zero-order valence-electron chi connectivity index (χ0n) is 10.6. The van der Waals surface area contributed by atoms with E-state index in [0.29, 0.717) is 16.7 Å². The van der Waals surface area contributed by atoms with Crippen LogP contribution in [-0.2, 0) is 20.4 Å². The molecule has 0 aliphatic carbocycles. The van der Waals surface area contributed by atoms with Crippen LogP contribution in [0, 0.1) is 0 Å². The first-order valence-corrected chi connectivity index (χ1v) is 5.52. The Morgan fingerprint density at radius 1 is 1.35 bits per heavy atom. The monoisotopic (exact) mass is 388 g/mol. The zero-order valence-corrected chi connectivity index (χ0v) is 12.9. The Morgan fingerprint density at radius 3 is 2.65 bits per heavy atom. The molecule has 0 saturated heterocycles. The molecule has 2 aromatic rings. The largest absolute Gasteiger partial charge is 2.00 e. The molecule has 0 spiro atoms. The van der Waals surface area contributed by atoms with Gasteiger partial charge in [0.2, 0.25) is 0 Å². The number of nitrogens with zero attached hydrogens (tertiary/aromatic N) is 1. The van der Waals surface area contributed by atoms with Crippen molar-refractivity contribution in [2.75, 3.05) is 13.2 Å². The van der Waals surface area contributed by atoms with Crippen LogP contribution in [0.3, 0.4) is 0 Å². The van der Waals surface area contributed by atoms with Crippen molar-refractivity contribution in [2.45, 2.75) is 6.92 Å². The van der Waals surface area contributed by atoms with Crippen LogP contribution in [0.25, 0.3) is 11.0 Å². The third kappa shape index (κ3) is 3.68. The van der Waals surface area contributed by atoms with Gasteiger partial charge in [0, 0.05) is 0 Å². The van der Waals surface area contributed by atoms with Crippen molar-refractivity contribution < 1.29 is 47.5 Å². The third-order valence-electron chi connectivity index (χ3n) is 2.60. The van der Waals surface area contributed by atoms with Crippen LogP contribution in [0.15, 0.2) is 38.5 Å². The van der Waals surface area contributed by atoms with Crippen LogP contribution in [0.2, 0.25) is 0 Å². The van der Waals surface area contributed by atoms with E-state index in [1.807, 2.05) is 0 Å². The van der Waals surface area contributed by atoms with Crippen molar-refractivity contribution in [1.29, 1.82) is 0 Å². The second kappa shape index (κ2) is 8.18. The SMILES string of the molecule is CC(=NCCO)c1c(O)c2ccccc2oc1=O.[Cl-].[Pd+2]. The Balaban J connectivity index is 0.00000180. The number of fused-ring (bicyclic) bond motifs is 1. The Bertz CT molecular complexity index is 669. The van der Waals surface area contributed by atoms with E-state index in [2.05, 4.69) is 4.99 Å². The van der Waals surface area contributed by atoms with Crippen LogP contribution >= 0.6 is 0 Å². The molecule has 1 aromatic carbocycles. The van der Waals surface area contributed by atoms with E-state index in [9.17, 15) is 9.90 Å². The van der Waals surface area contributed by atoms with Gasteiger partial charge in [-0.05, 0) is 19.1 Å². The maximum atomic E-state index is 11.8. The predicted molar refractivity (Wildman–Crippen MR) is 68.3 cm³/mol. The number of para-hydroxylation sites is 1. The number of hydrogen-bond acceptors (Lipinski definition) is 5. The molecule has 20 heavy (non-hydrogen) atoms. The summed E-state index contributed by atoms with van der Waals surface area (Å²) in [6.45, 7) is 1.66. The topological polar surface area (TPSA) is 83.0 Å². The first-order chi connectivity index (χ1) is 8.65. The minimum atomic E-state index is -0.634.